The lowest BCUT2D eigenvalue weighted by Gasteiger charge is -2.37. The van der Waals surface area contributed by atoms with E-state index in [9.17, 15) is 4.79 Å². The lowest BCUT2D eigenvalue weighted by Crippen LogP contribution is -2.48. The van der Waals surface area contributed by atoms with Crippen LogP contribution in [0.3, 0.4) is 0 Å². The van der Waals surface area contributed by atoms with Gasteiger partial charge in [0.1, 0.15) is 5.78 Å². The molecule has 86 valence electrons. The quantitative estimate of drug-likeness (QED) is 0.759. The summed E-state index contributed by atoms with van der Waals surface area (Å²) in [5.74, 6) is 0.383. The number of piperidine rings is 1. The maximum atomic E-state index is 11.7. The average Bonchev–Trinajstić information content (AvgIpc) is 2.31. The minimum Gasteiger partial charge on any atom is -0.298 e. The molecule has 1 fully saturated rings. The van der Waals surface area contributed by atoms with Crippen molar-refractivity contribution >= 4 is 5.78 Å². The van der Waals surface area contributed by atoms with E-state index in [0.717, 1.165) is 19.4 Å². The second-order valence-electron chi connectivity index (χ2n) is 4.69. The molecule has 16 heavy (non-hydrogen) atoms. The van der Waals surface area contributed by atoms with E-state index in [0.29, 0.717) is 11.8 Å². The summed E-state index contributed by atoms with van der Waals surface area (Å²) in [6.07, 6.45) is 1.74. The van der Waals surface area contributed by atoms with Crippen molar-refractivity contribution in [2.75, 3.05) is 0 Å². The highest BCUT2D eigenvalue weighted by Gasteiger charge is 2.30. The number of rotatable bonds is 2. The van der Waals surface area contributed by atoms with Crippen LogP contribution in [-0.4, -0.2) is 22.8 Å². The van der Waals surface area contributed by atoms with E-state index in [-0.39, 0.29) is 6.04 Å². The number of carbonyl (C=O) groups excluding carboxylic acids is 1. The Morgan fingerprint density at radius 3 is 2.62 bits per heavy atom. The second kappa shape index (κ2) is 4.79. The lowest BCUT2D eigenvalue weighted by atomic mass is 9.95. The minimum absolute atomic E-state index is 0.0731. The number of ketones is 1. The fourth-order valence-corrected chi connectivity index (χ4v) is 2.38. The van der Waals surface area contributed by atoms with Gasteiger partial charge in [0.25, 0.3) is 0 Å². The molecule has 0 radical (unpaired) electrons. The first-order valence-corrected chi connectivity index (χ1v) is 6.01. The van der Waals surface area contributed by atoms with Crippen molar-refractivity contribution in [3.8, 4) is 0 Å². The highest BCUT2D eigenvalue weighted by molar-refractivity contribution is 5.84. The Morgan fingerprint density at radius 2 is 1.94 bits per heavy atom. The van der Waals surface area contributed by atoms with Crippen LogP contribution in [0.2, 0.25) is 0 Å². The Balaban J connectivity index is 2.10. The van der Waals surface area contributed by atoms with Gasteiger partial charge in [-0.3, -0.25) is 9.69 Å². The molecular formula is C14H19NO. The van der Waals surface area contributed by atoms with Gasteiger partial charge in [0.05, 0.1) is 6.04 Å². The number of Topliss-reactive ketones (excluding diaryl/α,β-unsaturated/α-hetero) is 1. The Morgan fingerprint density at radius 1 is 1.25 bits per heavy atom. The maximum Gasteiger partial charge on any atom is 0.149 e. The molecule has 2 rings (SSSR count). The van der Waals surface area contributed by atoms with Gasteiger partial charge in [0, 0.05) is 19.0 Å². The summed E-state index contributed by atoms with van der Waals surface area (Å²) in [6.45, 7) is 5.13. The molecule has 1 aliphatic rings. The number of benzene rings is 1. The van der Waals surface area contributed by atoms with Crippen LogP contribution in [0.25, 0.3) is 0 Å². The van der Waals surface area contributed by atoms with Crippen LogP contribution in [0.4, 0.5) is 0 Å². The van der Waals surface area contributed by atoms with E-state index >= 15 is 0 Å². The summed E-state index contributed by atoms with van der Waals surface area (Å²) in [7, 11) is 0. The molecule has 0 N–H and O–H groups in total. The van der Waals surface area contributed by atoms with E-state index in [1.165, 1.54) is 5.56 Å². The van der Waals surface area contributed by atoms with Gasteiger partial charge in [-0.25, -0.2) is 0 Å². The molecule has 2 atom stereocenters. The standard InChI is InChI=1S/C14H19NO/c1-11-8-9-14(16)12(2)15(11)10-13-6-4-3-5-7-13/h3-7,11-12H,8-10H2,1-2H3/t11-,12+/m1/s1. The smallest absolute Gasteiger partial charge is 0.149 e. The van der Waals surface area contributed by atoms with Crippen molar-refractivity contribution < 1.29 is 4.79 Å². The largest absolute Gasteiger partial charge is 0.298 e. The summed E-state index contributed by atoms with van der Waals surface area (Å²) in [5, 5.41) is 0. The molecule has 1 aromatic rings. The molecule has 0 amide bonds. The van der Waals surface area contributed by atoms with Crippen molar-refractivity contribution in [1.82, 2.24) is 4.90 Å². The van der Waals surface area contributed by atoms with Gasteiger partial charge in [-0.1, -0.05) is 30.3 Å². The van der Waals surface area contributed by atoms with Gasteiger partial charge in [0.2, 0.25) is 0 Å². The van der Waals surface area contributed by atoms with E-state index in [4.69, 9.17) is 0 Å². The predicted octanol–water partition coefficient (Wildman–Crippen LogP) is 2.63. The predicted molar refractivity (Wildman–Crippen MR) is 65.2 cm³/mol. The van der Waals surface area contributed by atoms with Gasteiger partial charge in [-0.2, -0.15) is 0 Å². The van der Waals surface area contributed by atoms with Gasteiger partial charge < -0.3 is 0 Å². The second-order valence-corrected chi connectivity index (χ2v) is 4.69. The van der Waals surface area contributed by atoms with Gasteiger partial charge in [0.15, 0.2) is 0 Å². The van der Waals surface area contributed by atoms with Crippen molar-refractivity contribution in [3.05, 3.63) is 35.9 Å². The zero-order chi connectivity index (χ0) is 11.5. The SMILES string of the molecule is C[C@@H]1CCC(=O)[C@H](C)N1Cc1ccccc1. The van der Waals surface area contributed by atoms with Gasteiger partial charge in [-0.15, -0.1) is 0 Å². The van der Waals surface area contributed by atoms with Gasteiger partial charge >= 0.3 is 0 Å². The molecule has 2 nitrogen and oxygen atoms in total. The number of carbonyl (C=O) groups is 1. The molecule has 0 bridgehead atoms. The molecule has 0 aromatic heterocycles. The molecule has 1 aliphatic heterocycles. The Labute approximate surface area is 97.3 Å². The lowest BCUT2D eigenvalue weighted by molar-refractivity contribution is -0.128. The summed E-state index contributed by atoms with van der Waals surface area (Å²) < 4.78 is 0. The molecule has 1 heterocycles. The van der Waals surface area contributed by atoms with E-state index in [1.807, 2.05) is 13.0 Å². The molecule has 0 saturated carbocycles. The number of nitrogens with zero attached hydrogens (tertiary/aromatic N) is 1. The monoisotopic (exact) mass is 217 g/mol. The minimum atomic E-state index is 0.0731. The molecular weight excluding hydrogens is 198 g/mol. The van der Waals surface area contributed by atoms with Gasteiger partial charge in [-0.05, 0) is 25.8 Å². The maximum absolute atomic E-state index is 11.7. The van der Waals surface area contributed by atoms with E-state index < -0.39 is 0 Å². The number of hydrogen-bond donors (Lipinski definition) is 0. The zero-order valence-electron chi connectivity index (χ0n) is 10.0. The molecule has 1 aromatic carbocycles. The topological polar surface area (TPSA) is 20.3 Å². The number of hydrogen-bond acceptors (Lipinski definition) is 2. The number of likely N-dealkylation sites (tertiary alicyclic amines) is 1. The van der Waals surface area contributed by atoms with Crippen LogP contribution in [0, 0.1) is 0 Å². The summed E-state index contributed by atoms with van der Waals surface area (Å²) >= 11 is 0. The first-order valence-electron chi connectivity index (χ1n) is 6.01. The summed E-state index contributed by atoms with van der Waals surface area (Å²) in [4.78, 5) is 14.0. The van der Waals surface area contributed by atoms with Crippen LogP contribution >= 0.6 is 0 Å². The fourth-order valence-electron chi connectivity index (χ4n) is 2.38. The highest BCUT2D eigenvalue weighted by Crippen LogP contribution is 2.22. The third-order valence-electron chi connectivity index (χ3n) is 3.55. The zero-order valence-corrected chi connectivity index (χ0v) is 10.0. The average molecular weight is 217 g/mol. The third-order valence-corrected chi connectivity index (χ3v) is 3.55. The summed E-state index contributed by atoms with van der Waals surface area (Å²) in [6, 6.07) is 11.0. The van der Waals surface area contributed by atoms with Crippen molar-refractivity contribution in [1.29, 1.82) is 0 Å². The van der Waals surface area contributed by atoms with Crippen LogP contribution in [0.1, 0.15) is 32.3 Å². The Bertz CT molecular complexity index is 360. The Kier molecular flexibility index (Phi) is 3.39. The highest BCUT2D eigenvalue weighted by atomic mass is 16.1. The fraction of sp³-hybridized carbons (Fsp3) is 0.500. The first-order chi connectivity index (χ1) is 7.68. The summed E-state index contributed by atoms with van der Waals surface area (Å²) in [5.41, 5.74) is 1.29. The van der Waals surface area contributed by atoms with Crippen LogP contribution < -0.4 is 0 Å². The van der Waals surface area contributed by atoms with Crippen molar-refractivity contribution in [2.45, 2.75) is 45.3 Å². The van der Waals surface area contributed by atoms with Crippen LogP contribution in [0.15, 0.2) is 30.3 Å². The molecule has 1 saturated heterocycles. The molecule has 0 unspecified atom stereocenters. The van der Waals surface area contributed by atoms with E-state index in [1.54, 1.807) is 0 Å². The third kappa shape index (κ3) is 2.33. The van der Waals surface area contributed by atoms with Crippen LogP contribution in [0.5, 0.6) is 0 Å². The molecule has 0 spiro atoms. The molecule has 2 heteroatoms. The molecule has 0 aliphatic carbocycles. The van der Waals surface area contributed by atoms with E-state index in [2.05, 4.69) is 36.1 Å². The van der Waals surface area contributed by atoms with Crippen molar-refractivity contribution in [2.24, 2.45) is 0 Å². The normalized spacial score (nSPS) is 27.0. The van der Waals surface area contributed by atoms with Crippen molar-refractivity contribution in [3.63, 3.8) is 0 Å². The van der Waals surface area contributed by atoms with Crippen LogP contribution in [-0.2, 0) is 11.3 Å². The Hall–Kier alpha value is -1.15. The first kappa shape index (κ1) is 11.3.